The second-order valence-corrected chi connectivity index (χ2v) is 4.60. The molecule has 1 heterocycles. The Morgan fingerprint density at radius 3 is 2.94 bits per heavy atom. The molecule has 3 atom stereocenters. The molecule has 1 saturated heterocycles. The molecule has 0 aromatic heterocycles. The van der Waals surface area contributed by atoms with E-state index in [4.69, 9.17) is 9.84 Å². The van der Waals surface area contributed by atoms with E-state index in [9.17, 15) is 4.79 Å². The van der Waals surface area contributed by atoms with Crippen LogP contribution in [0.2, 0.25) is 0 Å². The fourth-order valence-corrected chi connectivity index (χ4v) is 2.12. The maximum atomic E-state index is 11.1. The summed E-state index contributed by atoms with van der Waals surface area (Å²) in [5.74, 6) is -0.729. The first-order chi connectivity index (χ1) is 7.63. The molecule has 0 amide bonds. The summed E-state index contributed by atoms with van der Waals surface area (Å²) < 4.78 is 5.44. The zero-order chi connectivity index (χ0) is 12.0. The number of hydrogen-bond acceptors (Lipinski definition) is 3. The molecule has 0 radical (unpaired) electrons. The van der Waals surface area contributed by atoms with Crippen LogP contribution in [0, 0.1) is 0 Å². The molecular weight excluding hydrogens is 206 g/mol. The van der Waals surface area contributed by atoms with Crippen molar-refractivity contribution in [2.75, 3.05) is 6.61 Å². The van der Waals surface area contributed by atoms with Gasteiger partial charge in [-0.05, 0) is 26.2 Å². The monoisotopic (exact) mass is 229 g/mol. The molecule has 4 nitrogen and oxygen atoms in total. The van der Waals surface area contributed by atoms with E-state index in [2.05, 4.69) is 12.2 Å². The highest BCUT2D eigenvalue weighted by Gasteiger charge is 2.24. The molecule has 0 spiro atoms. The normalized spacial score (nSPS) is 27.6. The van der Waals surface area contributed by atoms with E-state index in [0.29, 0.717) is 6.04 Å². The third-order valence-electron chi connectivity index (χ3n) is 3.07. The summed E-state index contributed by atoms with van der Waals surface area (Å²) in [6, 6.07) is -0.100. The summed E-state index contributed by atoms with van der Waals surface area (Å²) in [7, 11) is 0. The second kappa shape index (κ2) is 6.86. The van der Waals surface area contributed by atoms with Crippen LogP contribution >= 0.6 is 0 Å². The molecule has 1 aliphatic heterocycles. The lowest BCUT2D eigenvalue weighted by atomic mass is 10.0. The van der Waals surface area contributed by atoms with Gasteiger partial charge in [0.25, 0.3) is 0 Å². The van der Waals surface area contributed by atoms with Gasteiger partial charge in [-0.3, -0.25) is 4.79 Å². The molecule has 0 aromatic rings. The largest absolute Gasteiger partial charge is 0.480 e. The highest BCUT2D eigenvalue weighted by molar-refractivity contribution is 5.73. The number of nitrogens with one attached hydrogen (secondary N) is 1. The summed E-state index contributed by atoms with van der Waals surface area (Å²) in [6.07, 6.45) is 4.79. The topological polar surface area (TPSA) is 58.6 Å². The lowest BCUT2D eigenvalue weighted by Crippen LogP contribution is -2.47. The van der Waals surface area contributed by atoms with Gasteiger partial charge in [-0.25, -0.2) is 0 Å². The number of aliphatic carboxylic acids is 1. The van der Waals surface area contributed by atoms with Crippen molar-refractivity contribution in [3.8, 4) is 0 Å². The van der Waals surface area contributed by atoms with Gasteiger partial charge in [0.15, 0.2) is 0 Å². The minimum absolute atomic E-state index is 0.242. The van der Waals surface area contributed by atoms with Crippen molar-refractivity contribution in [3.05, 3.63) is 0 Å². The van der Waals surface area contributed by atoms with Gasteiger partial charge in [-0.15, -0.1) is 0 Å². The van der Waals surface area contributed by atoms with Crippen LogP contribution < -0.4 is 5.32 Å². The molecule has 94 valence electrons. The van der Waals surface area contributed by atoms with Crippen LogP contribution in [-0.4, -0.2) is 35.9 Å². The van der Waals surface area contributed by atoms with Crippen molar-refractivity contribution in [2.24, 2.45) is 0 Å². The van der Waals surface area contributed by atoms with E-state index in [1.165, 1.54) is 0 Å². The molecule has 1 rings (SSSR count). The quantitative estimate of drug-likeness (QED) is 0.729. The van der Waals surface area contributed by atoms with Gasteiger partial charge in [-0.2, -0.15) is 0 Å². The van der Waals surface area contributed by atoms with Crippen LogP contribution in [0.4, 0.5) is 0 Å². The molecule has 0 bridgehead atoms. The molecule has 4 heteroatoms. The molecule has 1 fully saturated rings. The lowest BCUT2D eigenvalue weighted by molar-refractivity contribution is -0.140. The Labute approximate surface area is 97.4 Å². The van der Waals surface area contributed by atoms with E-state index in [1.807, 2.05) is 6.92 Å². The summed E-state index contributed by atoms with van der Waals surface area (Å²) in [5, 5.41) is 12.3. The predicted molar refractivity (Wildman–Crippen MR) is 62.5 cm³/mol. The maximum absolute atomic E-state index is 11.1. The van der Waals surface area contributed by atoms with Gasteiger partial charge in [0.2, 0.25) is 0 Å². The fraction of sp³-hybridized carbons (Fsp3) is 0.917. The number of ether oxygens (including phenoxy) is 1. The second-order valence-electron chi connectivity index (χ2n) is 4.60. The molecular formula is C12H23NO3. The first-order valence-electron chi connectivity index (χ1n) is 6.24. The van der Waals surface area contributed by atoms with Crippen LogP contribution in [0.3, 0.4) is 0 Å². The third kappa shape index (κ3) is 4.49. The Hall–Kier alpha value is -0.610. The standard InChI is InChI=1S/C12H23NO3/c1-3-4-5-11(12(14)15)13-10-6-7-16-9(2)8-10/h9-11,13H,3-8H2,1-2H3,(H,14,15). The maximum Gasteiger partial charge on any atom is 0.320 e. The summed E-state index contributed by atoms with van der Waals surface area (Å²) >= 11 is 0. The molecule has 1 aliphatic rings. The van der Waals surface area contributed by atoms with Crippen molar-refractivity contribution < 1.29 is 14.6 Å². The van der Waals surface area contributed by atoms with E-state index < -0.39 is 12.0 Å². The molecule has 0 aromatic carbocycles. The fourth-order valence-electron chi connectivity index (χ4n) is 2.12. The molecule has 0 aliphatic carbocycles. The molecule has 2 N–H and O–H groups in total. The van der Waals surface area contributed by atoms with Crippen LogP contribution in [0.25, 0.3) is 0 Å². The van der Waals surface area contributed by atoms with Crippen LogP contribution in [0.1, 0.15) is 46.0 Å². The van der Waals surface area contributed by atoms with Crippen molar-refractivity contribution >= 4 is 5.97 Å². The van der Waals surface area contributed by atoms with Gasteiger partial charge in [0.05, 0.1) is 6.10 Å². The number of carboxylic acids is 1. The highest BCUT2D eigenvalue weighted by Crippen LogP contribution is 2.15. The predicted octanol–water partition coefficient (Wildman–Crippen LogP) is 1.79. The van der Waals surface area contributed by atoms with E-state index in [0.717, 1.165) is 38.7 Å². The van der Waals surface area contributed by atoms with Crippen molar-refractivity contribution in [3.63, 3.8) is 0 Å². The Balaban J connectivity index is 2.37. The summed E-state index contributed by atoms with van der Waals surface area (Å²) in [4.78, 5) is 11.1. The average Bonchev–Trinajstić information content (AvgIpc) is 2.24. The van der Waals surface area contributed by atoms with Crippen molar-refractivity contribution in [2.45, 2.75) is 64.1 Å². The van der Waals surface area contributed by atoms with Crippen LogP contribution in [0.5, 0.6) is 0 Å². The third-order valence-corrected chi connectivity index (χ3v) is 3.07. The Bertz CT molecular complexity index is 220. The Morgan fingerprint density at radius 2 is 2.38 bits per heavy atom. The first kappa shape index (κ1) is 13.5. The molecule has 16 heavy (non-hydrogen) atoms. The van der Waals surface area contributed by atoms with E-state index >= 15 is 0 Å². The number of carbonyl (C=O) groups is 1. The van der Waals surface area contributed by atoms with Crippen LogP contribution in [0.15, 0.2) is 0 Å². The zero-order valence-electron chi connectivity index (χ0n) is 10.2. The lowest BCUT2D eigenvalue weighted by Gasteiger charge is -2.30. The van der Waals surface area contributed by atoms with Gasteiger partial charge in [0, 0.05) is 12.6 Å². The van der Waals surface area contributed by atoms with E-state index in [-0.39, 0.29) is 6.10 Å². The number of hydrogen-bond donors (Lipinski definition) is 2. The van der Waals surface area contributed by atoms with Gasteiger partial charge in [-0.1, -0.05) is 19.8 Å². The Morgan fingerprint density at radius 1 is 1.62 bits per heavy atom. The molecule has 0 saturated carbocycles. The average molecular weight is 229 g/mol. The van der Waals surface area contributed by atoms with Gasteiger partial charge in [0.1, 0.15) is 6.04 Å². The van der Waals surface area contributed by atoms with E-state index in [1.54, 1.807) is 0 Å². The van der Waals surface area contributed by atoms with Crippen LogP contribution in [-0.2, 0) is 9.53 Å². The smallest absolute Gasteiger partial charge is 0.320 e. The van der Waals surface area contributed by atoms with Crippen molar-refractivity contribution in [1.82, 2.24) is 5.32 Å². The van der Waals surface area contributed by atoms with Gasteiger partial charge < -0.3 is 15.2 Å². The van der Waals surface area contributed by atoms with Gasteiger partial charge >= 0.3 is 5.97 Å². The molecule has 3 unspecified atom stereocenters. The number of carboxylic acid groups (broad SMARTS) is 1. The first-order valence-corrected chi connectivity index (χ1v) is 6.24. The number of unbranched alkanes of at least 4 members (excludes halogenated alkanes) is 1. The van der Waals surface area contributed by atoms with Crippen molar-refractivity contribution in [1.29, 1.82) is 0 Å². The SMILES string of the molecule is CCCCC(NC1CCOC(C)C1)C(=O)O. The minimum atomic E-state index is -0.729. The summed E-state index contributed by atoms with van der Waals surface area (Å²) in [5.41, 5.74) is 0. The Kier molecular flexibility index (Phi) is 5.77. The zero-order valence-corrected chi connectivity index (χ0v) is 10.2. The summed E-state index contributed by atoms with van der Waals surface area (Å²) in [6.45, 7) is 4.85. The highest BCUT2D eigenvalue weighted by atomic mass is 16.5. The number of rotatable bonds is 6. The minimum Gasteiger partial charge on any atom is -0.480 e.